The van der Waals surface area contributed by atoms with Crippen molar-refractivity contribution >= 4 is 5.91 Å². The molecule has 0 atom stereocenters. The van der Waals surface area contributed by atoms with Crippen LogP contribution in [-0.2, 0) is 9.53 Å². The first-order chi connectivity index (χ1) is 8.96. The van der Waals surface area contributed by atoms with Gasteiger partial charge in [-0.1, -0.05) is 13.8 Å². The third-order valence-corrected chi connectivity index (χ3v) is 3.89. The highest BCUT2D eigenvalue weighted by Crippen LogP contribution is 2.32. The quantitative estimate of drug-likeness (QED) is 0.674. The fraction of sp³-hybridized carbons (Fsp3) is 0.933. The highest BCUT2D eigenvalue weighted by Gasteiger charge is 2.31. The normalized spacial score (nSPS) is 22.9. The van der Waals surface area contributed by atoms with Crippen molar-refractivity contribution in [1.82, 2.24) is 5.32 Å². The van der Waals surface area contributed by atoms with E-state index in [1.54, 1.807) is 0 Å². The minimum Gasteiger partial charge on any atom is -0.378 e. The summed E-state index contributed by atoms with van der Waals surface area (Å²) in [6.07, 6.45) is 5.19. The molecule has 1 amide bonds. The Morgan fingerprint density at radius 2 is 2.11 bits per heavy atom. The lowest BCUT2D eigenvalue weighted by atomic mass is 9.79. The van der Waals surface area contributed by atoms with Gasteiger partial charge in [0.25, 0.3) is 0 Å². The van der Waals surface area contributed by atoms with Gasteiger partial charge in [-0.2, -0.15) is 0 Å². The van der Waals surface area contributed by atoms with Gasteiger partial charge < -0.3 is 15.8 Å². The van der Waals surface area contributed by atoms with Gasteiger partial charge in [-0.3, -0.25) is 4.79 Å². The molecule has 0 aromatic rings. The molecule has 0 radical (unpaired) electrons. The lowest BCUT2D eigenvalue weighted by Crippen LogP contribution is -2.38. The van der Waals surface area contributed by atoms with Crippen LogP contribution in [0.3, 0.4) is 0 Å². The van der Waals surface area contributed by atoms with Gasteiger partial charge >= 0.3 is 0 Å². The van der Waals surface area contributed by atoms with Crippen LogP contribution in [0.15, 0.2) is 0 Å². The van der Waals surface area contributed by atoms with E-state index in [-0.39, 0.29) is 11.3 Å². The minimum atomic E-state index is 0.141. The van der Waals surface area contributed by atoms with Crippen molar-refractivity contribution in [2.75, 3.05) is 19.7 Å². The molecule has 1 saturated carbocycles. The molecule has 1 fully saturated rings. The summed E-state index contributed by atoms with van der Waals surface area (Å²) in [6.45, 7) is 8.61. The molecule has 1 aliphatic rings. The van der Waals surface area contributed by atoms with Gasteiger partial charge in [0.05, 0.1) is 6.10 Å². The largest absolute Gasteiger partial charge is 0.378 e. The molecule has 4 nitrogen and oxygen atoms in total. The first kappa shape index (κ1) is 16.4. The van der Waals surface area contributed by atoms with E-state index < -0.39 is 0 Å². The van der Waals surface area contributed by atoms with Crippen LogP contribution in [0.4, 0.5) is 0 Å². The zero-order valence-electron chi connectivity index (χ0n) is 12.7. The third kappa shape index (κ3) is 6.39. The molecule has 112 valence electrons. The van der Waals surface area contributed by atoms with Crippen molar-refractivity contribution in [1.29, 1.82) is 0 Å². The summed E-state index contributed by atoms with van der Waals surface area (Å²) >= 11 is 0. The summed E-state index contributed by atoms with van der Waals surface area (Å²) in [4.78, 5) is 11.9. The first-order valence-corrected chi connectivity index (χ1v) is 7.55. The lowest BCUT2D eigenvalue weighted by molar-refractivity contribution is -0.124. The van der Waals surface area contributed by atoms with Crippen molar-refractivity contribution in [2.45, 2.75) is 59.0 Å². The summed E-state index contributed by atoms with van der Waals surface area (Å²) in [7, 11) is 0. The van der Waals surface area contributed by atoms with Gasteiger partial charge in [-0.25, -0.2) is 0 Å². The molecule has 19 heavy (non-hydrogen) atoms. The van der Waals surface area contributed by atoms with Gasteiger partial charge in [-0.15, -0.1) is 0 Å². The van der Waals surface area contributed by atoms with Gasteiger partial charge in [0, 0.05) is 19.6 Å². The molecule has 1 rings (SSSR count). The fourth-order valence-corrected chi connectivity index (χ4v) is 2.55. The second-order valence-electron chi connectivity index (χ2n) is 6.45. The molecule has 0 aromatic carbocycles. The predicted octanol–water partition coefficient (Wildman–Crippen LogP) is 2.07. The second kappa shape index (κ2) is 7.85. The summed E-state index contributed by atoms with van der Waals surface area (Å²) in [5.74, 6) is 0.699. The van der Waals surface area contributed by atoms with Gasteiger partial charge in [-0.05, 0) is 50.5 Å². The molecular formula is C15H30N2O2. The van der Waals surface area contributed by atoms with E-state index in [4.69, 9.17) is 10.5 Å². The van der Waals surface area contributed by atoms with E-state index in [0.717, 1.165) is 45.4 Å². The fourth-order valence-electron chi connectivity index (χ4n) is 2.55. The molecule has 0 aromatic heterocycles. The molecular weight excluding hydrogens is 240 g/mol. The number of rotatable bonds is 9. The number of amides is 1. The van der Waals surface area contributed by atoms with Crippen LogP contribution in [0, 0.1) is 11.3 Å². The summed E-state index contributed by atoms with van der Waals surface area (Å²) in [5.41, 5.74) is 5.66. The van der Waals surface area contributed by atoms with Gasteiger partial charge in [0.15, 0.2) is 0 Å². The number of carbonyl (C=O) groups is 1. The Morgan fingerprint density at radius 1 is 1.42 bits per heavy atom. The van der Waals surface area contributed by atoms with Crippen LogP contribution in [0.2, 0.25) is 0 Å². The standard InChI is InChI=1S/C15H30N2O2/c1-4-19-13-8-12(9-13)10-14(18)17-11-15(2,3)6-5-7-16/h12-13H,4-11,16H2,1-3H3,(H,17,18). The van der Waals surface area contributed by atoms with E-state index in [1.165, 1.54) is 0 Å². The van der Waals surface area contributed by atoms with Crippen LogP contribution in [0.1, 0.15) is 52.9 Å². The number of nitrogens with two attached hydrogens (primary N) is 1. The molecule has 0 spiro atoms. The smallest absolute Gasteiger partial charge is 0.220 e. The number of carbonyl (C=O) groups excluding carboxylic acids is 1. The van der Waals surface area contributed by atoms with Crippen molar-refractivity contribution in [2.24, 2.45) is 17.1 Å². The van der Waals surface area contributed by atoms with Crippen LogP contribution in [-0.4, -0.2) is 31.7 Å². The Morgan fingerprint density at radius 3 is 2.68 bits per heavy atom. The van der Waals surface area contributed by atoms with Crippen molar-refractivity contribution in [3.05, 3.63) is 0 Å². The second-order valence-corrected chi connectivity index (χ2v) is 6.45. The molecule has 0 heterocycles. The molecule has 0 aliphatic heterocycles. The summed E-state index contributed by atoms with van der Waals surface area (Å²) in [5, 5.41) is 3.06. The van der Waals surface area contributed by atoms with Gasteiger partial charge in [0.2, 0.25) is 5.91 Å². The lowest BCUT2D eigenvalue weighted by Gasteiger charge is -2.34. The monoisotopic (exact) mass is 270 g/mol. The van der Waals surface area contributed by atoms with E-state index in [2.05, 4.69) is 19.2 Å². The first-order valence-electron chi connectivity index (χ1n) is 7.55. The van der Waals surface area contributed by atoms with Crippen LogP contribution in [0.5, 0.6) is 0 Å². The highest BCUT2D eigenvalue weighted by atomic mass is 16.5. The molecule has 4 heteroatoms. The molecule has 3 N–H and O–H groups in total. The minimum absolute atomic E-state index is 0.141. The number of nitrogens with one attached hydrogen (secondary N) is 1. The van der Waals surface area contributed by atoms with E-state index >= 15 is 0 Å². The average Bonchev–Trinajstić information content (AvgIpc) is 2.32. The molecule has 1 aliphatic carbocycles. The molecule has 0 unspecified atom stereocenters. The number of ether oxygens (including phenoxy) is 1. The van der Waals surface area contributed by atoms with Crippen molar-refractivity contribution in [3.8, 4) is 0 Å². The van der Waals surface area contributed by atoms with E-state index in [0.29, 0.717) is 18.4 Å². The van der Waals surface area contributed by atoms with Crippen LogP contribution < -0.4 is 11.1 Å². The summed E-state index contributed by atoms with van der Waals surface area (Å²) in [6, 6.07) is 0. The van der Waals surface area contributed by atoms with Crippen LogP contribution >= 0.6 is 0 Å². The predicted molar refractivity (Wildman–Crippen MR) is 77.8 cm³/mol. The van der Waals surface area contributed by atoms with E-state index in [9.17, 15) is 4.79 Å². The maximum absolute atomic E-state index is 11.9. The Bertz CT molecular complexity index is 273. The Balaban J connectivity index is 2.12. The topological polar surface area (TPSA) is 64.3 Å². The Kier molecular flexibility index (Phi) is 6.80. The maximum atomic E-state index is 11.9. The zero-order valence-corrected chi connectivity index (χ0v) is 12.7. The highest BCUT2D eigenvalue weighted by molar-refractivity contribution is 5.76. The average molecular weight is 270 g/mol. The molecule has 0 saturated heterocycles. The number of hydrogen-bond donors (Lipinski definition) is 2. The Labute approximate surface area is 117 Å². The molecule has 0 bridgehead atoms. The van der Waals surface area contributed by atoms with Gasteiger partial charge in [0.1, 0.15) is 0 Å². The van der Waals surface area contributed by atoms with Crippen molar-refractivity contribution < 1.29 is 9.53 Å². The zero-order chi connectivity index (χ0) is 14.3. The Hall–Kier alpha value is -0.610. The van der Waals surface area contributed by atoms with Crippen LogP contribution in [0.25, 0.3) is 0 Å². The van der Waals surface area contributed by atoms with E-state index in [1.807, 2.05) is 6.92 Å². The van der Waals surface area contributed by atoms with Crippen molar-refractivity contribution in [3.63, 3.8) is 0 Å². The third-order valence-electron chi connectivity index (χ3n) is 3.89. The SMILES string of the molecule is CCOC1CC(CC(=O)NCC(C)(C)CCCN)C1. The summed E-state index contributed by atoms with van der Waals surface area (Å²) < 4.78 is 5.50. The number of hydrogen-bond acceptors (Lipinski definition) is 3. The maximum Gasteiger partial charge on any atom is 0.220 e.